The van der Waals surface area contributed by atoms with E-state index in [0.717, 1.165) is 16.8 Å². The third-order valence-electron chi connectivity index (χ3n) is 5.84. The zero-order valence-electron chi connectivity index (χ0n) is 20.8. The molecule has 2 aromatic carbocycles. The van der Waals surface area contributed by atoms with E-state index in [1.807, 2.05) is 10.6 Å². The summed E-state index contributed by atoms with van der Waals surface area (Å²) in [6, 6.07) is 11.8. The molecular formula is C25H26FN5O5S2. The molecule has 0 radical (unpaired) electrons. The molecule has 2 heterocycles. The molecule has 0 atom stereocenters. The molecule has 200 valence electrons. The lowest BCUT2D eigenvalue weighted by molar-refractivity contribution is 0.490. The lowest BCUT2D eigenvalue weighted by Crippen LogP contribution is -2.23. The van der Waals surface area contributed by atoms with E-state index < -0.39 is 31.2 Å². The van der Waals surface area contributed by atoms with Gasteiger partial charge in [0.25, 0.3) is 10.1 Å². The molecule has 0 aliphatic heterocycles. The van der Waals surface area contributed by atoms with Crippen LogP contribution < -0.4 is 5.73 Å². The van der Waals surface area contributed by atoms with Crippen LogP contribution >= 0.6 is 0 Å². The van der Waals surface area contributed by atoms with E-state index >= 15 is 0 Å². The maximum absolute atomic E-state index is 14.8. The van der Waals surface area contributed by atoms with Crippen molar-refractivity contribution >= 4 is 37.1 Å². The number of terminal acetylenes is 1. The largest absolute Gasteiger partial charge is 0.368 e. The molecule has 13 heteroatoms. The van der Waals surface area contributed by atoms with Crippen molar-refractivity contribution in [2.24, 2.45) is 0 Å². The van der Waals surface area contributed by atoms with Gasteiger partial charge in [-0.2, -0.15) is 8.42 Å². The van der Waals surface area contributed by atoms with E-state index in [0.29, 0.717) is 45.6 Å². The molecule has 1 aliphatic rings. The first kappa shape index (κ1) is 27.3. The van der Waals surface area contributed by atoms with Crippen molar-refractivity contribution in [3.8, 4) is 34.9 Å². The molecule has 0 unspecified atom stereocenters. The van der Waals surface area contributed by atoms with Crippen molar-refractivity contribution < 1.29 is 25.8 Å². The average Bonchev–Trinajstić information content (AvgIpc) is 3.49. The van der Waals surface area contributed by atoms with Gasteiger partial charge in [0.05, 0.1) is 28.2 Å². The van der Waals surface area contributed by atoms with E-state index in [2.05, 4.69) is 15.9 Å². The van der Waals surface area contributed by atoms with Crippen LogP contribution in [-0.4, -0.2) is 51.4 Å². The highest BCUT2D eigenvalue weighted by Crippen LogP contribution is 2.44. The Bertz CT molecular complexity index is 1790. The number of nitrogens with zero attached hydrogens (tertiary/aromatic N) is 4. The van der Waals surface area contributed by atoms with Crippen LogP contribution in [0.2, 0.25) is 0 Å². The summed E-state index contributed by atoms with van der Waals surface area (Å²) in [6.07, 6.45) is 8.35. The van der Waals surface area contributed by atoms with Gasteiger partial charge in [-0.25, -0.2) is 26.7 Å². The summed E-state index contributed by atoms with van der Waals surface area (Å²) in [5.41, 5.74) is 8.84. The first-order valence-corrected chi connectivity index (χ1v) is 14.9. The Morgan fingerprint density at radius 3 is 2.32 bits per heavy atom. The SMILES string of the molecule is C#Cc1nc(-c2ccccc2F)c(-c2ccc3nc(N)n(S(=O)(=O)C(C)C)c3c2)n1C1CC1.CS(=O)(=O)O. The Hall–Kier alpha value is -3.73. The normalized spacial score (nSPS) is 13.8. The summed E-state index contributed by atoms with van der Waals surface area (Å²) < 4.78 is 69.7. The zero-order valence-corrected chi connectivity index (χ0v) is 22.5. The maximum Gasteiger partial charge on any atom is 0.261 e. The highest BCUT2D eigenvalue weighted by molar-refractivity contribution is 7.90. The van der Waals surface area contributed by atoms with Crippen LogP contribution in [0.3, 0.4) is 0 Å². The lowest BCUT2D eigenvalue weighted by atomic mass is 10.0. The van der Waals surface area contributed by atoms with Gasteiger partial charge in [-0.15, -0.1) is 6.42 Å². The van der Waals surface area contributed by atoms with Crippen LogP contribution in [0, 0.1) is 18.2 Å². The topological polar surface area (TPSA) is 150 Å². The lowest BCUT2D eigenvalue weighted by Gasteiger charge is -2.13. The number of benzene rings is 2. The summed E-state index contributed by atoms with van der Waals surface area (Å²) in [5, 5.41) is -0.695. The first-order valence-electron chi connectivity index (χ1n) is 11.5. The minimum atomic E-state index is -3.76. The maximum atomic E-state index is 14.8. The van der Waals surface area contributed by atoms with E-state index in [-0.39, 0.29) is 12.0 Å². The summed E-state index contributed by atoms with van der Waals surface area (Å²) in [4.78, 5) is 8.83. The number of nitrogens with two attached hydrogens (primary N) is 1. The third kappa shape index (κ3) is 5.28. The zero-order chi connectivity index (χ0) is 28.0. The predicted octanol–water partition coefficient (Wildman–Crippen LogP) is 3.69. The molecule has 1 aliphatic carbocycles. The van der Waals surface area contributed by atoms with Crippen LogP contribution in [0.25, 0.3) is 33.5 Å². The van der Waals surface area contributed by atoms with Gasteiger partial charge in [0.1, 0.15) is 11.5 Å². The first-order chi connectivity index (χ1) is 17.7. The average molecular weight is 560 g/mol. The molecule has 4 aromatic rings. The number of anilines is 1. The van der Waals surface area contributed by atoms with Crippen molar-refractivity contribution in [3.05, 3.63) is 54.1 Å². The molecule has 0 saturated heterocycles. The van der Waals surface area contributed by atoms with Crippen molar-refractivity contribution in [2.45, 2.75) is 38.0 Å². The molecule has 2 aromatic heterocycles. The number of fused-ring (bicyclic) bond motifs is 1. The molecule has 1 fully saturated rings. The van der Waals surface area contributed by atoms with Crippen molar-refractivity contribution in [1.82, 2.24) is 18.5 Å². The van der Waals surface area contributed by atoms with Crippen LogP contribution in [-0.2, 0) is 20.1 Å². The van der Waals surface area contributed by atoms with Crippen LogP contribution in [0.4, 0.5) is 10.3 Å². The number of hydrogen-bond acceptors (Lipinski definition) is 7. The fraction of sp³-hybridized carbons (Fsp3) is 0.280. The Labute approximate surface area is 220 Å². The van der Waals surface area contributed by atoms with Gasteiger partial charge < -0.3 is 10.3 Å². The highest BCUT2D eigenvalue weighted by atomic mass is 32.2. The van der Waals surface area contributed by atoms with E-state index in [1.54, 1.807) is 44.2 Å². The predicted molar refractivity (Wildman–Crippen MR) is 144 cm³/mol. The summed E-state index contributed by atoms with van der Waals surface area (Å²) >= 11 is 0. The second-order valence-electron chi connectivity index (χ2n) is 9.12. The minimum absolute atomic E-state index is 0.106. The molecule has 0 spiro atoms. The standard InChI is InChI=1S/C24H22FN5O2S.CH4O3S/c1-4-21-28-22(17-7-5-6-8-18(17)25)23(29(21)16-10-11-16)15-9-12-19-20(13-15)30(24(26)27-19)33(31,32)14(2)3;1-5(2,3)4/h1,5-9,12-14,16H,10-11H2,2-3H3,(H2,26,27);1H3,(H,2,3,4). The van der Waals surface area contributed by atoms with Crippen LogP contribution in [0.5, 0.6) is 0 Å². The Morgan fingerprint density at radius 1 is 1.13 bits per heavy atom. The van der Waals surface area contributed by atoms with Gasteiger partial charge in [0.2, 0.25) is 16.0 Å². The Balaban J connectivity index is 0.000000617. The molecule has 3 N–H and O–H groups in total. The molecule has 0 bridgehead atoms. The molecule has 1 saturated carbocycles. The van der Waals surface area contributed by atoms with Gasteiger partial charge in [-0.1, -0.05) is 18.2 Å². The number of rotatable bonds is 5. The number of aromatic nitrogens is 4. The Morgan fingerprint density at radius 2 is 1.76 bits per heavy atom. The van der Waals surface area contributed by atoms with Gasteiger partial charge in [-0.3, -0.25) is 4.55 Å². The fourth-order valence-electron chi connectivity index (χ4n) is 4.04. The minimum Gasteiger partial charge on any atom is -0.368 e. The van der Waals surface area contributed by atoms with E-state index in [9.17, 15) is 21.2 Å². The van der Waals surface area contributed by atoms with Gasteiger partial charge >= 0.3 is 0 Å². The number of halogens is 1. The molecule has 0 amide bonds. The second-order valence-corrected chi connectivity index (χ2v) is 12.9. The van der Waals surface area contributed by atoms with Crippen molar-refractivity contribution in [3.63, 3.8) is 0 Å². The van der Waals surface area contributed by atoms with Crippen molar-refractivity contribution in [1.29, 1.82) is 0 Å². The number of hydrogen-bond donors (Lipinski definition) is 2. The highest BCUT2D eigenvalue weighted by Gasteiger charge is 2.32. The number of imidazole rings is 2. The summed E-state index contributed by atoms with van der Waals surface area (Å²) in [6.45, 7) is 3.17. The smallest absolute Gasteiger partial charge is 0.261 e. The van der Waals surface area contributed by atoms with E-state index in [1.165, 1.54) is 6.07 Å². The van der Waals surface area contributed by atoms with Gasteiger partial charge in [0.15, 0.2) is 5.82 Å². The Kier molecular flexibility index (Phi) is 7.09. The van der Waals surface area contributed by atoms with E-state index in [4.69, 9.17) is 16.7 Å². The van der Waals surface area contributed by atoms with Gasteiger partial charge in [0, 0.05) is 17.2 Å². The molecular weight excluding hydrogens is 533 g/mol. The third-order valence-corrected chi connectivity index (χ3v) is 7.93. The van der Waals surface area contributed by atoms with Crippen molar-refractivity contribution in [2.75, 3.05) is 12.0 Å². The van der Waals surface area contributed by atoms with Crippen LogP contribution in [0.15, 0.2) is 42.5 Å². The second kappa shape index (κ2) is 9.86. The summed E-state index contributed by atoms with van der Waals surface area (Å²) in [7, 11) is -7.42. The molecule has 38 heavy (non-hydrogen) atoms. The van der Waals surface area contributed by atoms with Gasteiger partial charge in [-0.05, 0) is 56.9 Å². The summed E-state index contributed by atoms with van der Waals surface area (Å²) in [5.74, 6) is 2.51. The monoisotopic (exact) mass is 559 g/mol. The fourth-order valence-corrected chi connectivity index (χ4v) is 5.18. The number of nitrogen functional groups attached to an aromatic ring is 1. The van der Waals surface area contributed by atoms with Crippen LogP contribution in [0.1, 0.15) is 38.6 Å². The molecule has 5 rings (SSSR count). The molecule has 10 nitrogen and oxygen atoms in total. The quantitative estimate of drug-likeness (QED) is 0.278.